The van der Waals surface area contributed by atoms with Gasteiger partial charge in [0.25, 0.3) is 0 Å². The number of anilines is 1. The molecule has 0 radical (unpaired) electrons. The zero-order valence-electron chi connectivity index (χ0n) is 14.6. The zero-order chi connectivity index (χ0) is 18.6. The van der Waals surface area contributed by atoms with Crippen molar-refractivity contribution in [2.24, 2.45) is 0 Å². The van der Waals surface area contributed by atoms with Crippen LogP contribution in [0.1, 0.15) is 40.2 Å². The number of carbonyl (C=O) groups excluding carboxylic acids is 2. The minimum Gasteiger partial charge on any atom is -0.459 e. The Balaban J connectivity index is 2.20. The number of thiophene rings is 1. The summed E-state index contributed by atoms with van der Waals surface area (Å²) in [5, 5.41) is 3.83. The summed E-state index contributed by atoms with van der Waals surface area (Å²) in [6, 6.07) is 7.24. The summed E-state index contributed by atoms with van der Waals surface area (Å²) in [6.07, 6.45) is 2.80. The van der Waals surface area contributed by atoms with E-state index in [-0.39, 0.29) is 12.0 Å². The maximum atomic E-state index is 12.3. The average Bonchev–Trinajstić information content (AvgIpc) is 2.80. The number of amides is 1. The number of esters is 1. The topological polar surface area (TPSA) is 55.4 Å². The number of carbonyl (C=O) groups is 2. The van der Waals surface area contributed by atoms with E-state index >= 15 is 0 Å². The molecule has 2 aromatic rings. The van der Waals surface area contributed by atoms with Gasteiger partial charge in [0.2, 0.25) is 5.91 Å². The quantitative estimate of drug-likeness (QED) is 0.573. The lowest BCUT2D eigenvalue weighted by molar-refractivity contribution is -0.111. The van der Waals surface area contributed by atoms with Crippen LogP contribution in [0, 0.1) is 13.8 Å². The second-order valence-corrected chi connectivity index (χ2v) is 7.42. The fourth-order valence-corrected chi connectivity index (χ4v) is 3.41. The van der Waals surface area contributed by atoms with E-state index in [4.69, 9.17) is 16.3 Å². The van der Waals surface area contributed by atoms with Crippen LogP contribution in [0.25, 0.3) is 6.08 Å². The van der Waals surface area contributed by atoms with E-state index in [1.807, 2.05) is 32.0 Å². The molecule has 0 atom stereocenters. The van der Waals surface area contributed by atoms with E-state index < -0.39 is 5.97 Å². The lowest BCUT2D eigenvalue weighted by atomic mass is 10.1. The van der Waals surface area contributed by atoms with Crippen LogP contribution in [0.15, 0.2) is 30.3 Å². The molecule has 0 aliphatic heterocycles. The van der Waals surface area contributed by atoms with E-state index in [1.54, 1.807) is 26.0 Å². The predicted molar refractivity (Wildman–Crippen MR) is 103 cm³/mol. The SMILES string of the molecule is Cc1sc(NC(=O)/C=C\c2ccccc2Cl)c(C(=O)OC(C)C)c1C. The largest absolute Gasteiger partial charge is 0.459 e. The molecule has 0 aliphatic rings. The van der Waals surface area contributed by atoms with Crippen molar-refractivity contribution in [3.63, 3.8) is 0 Å². The van der Waals surface area contributed by atoms with Gasteiger partial charge in [-0.25, -0.2) is 4.79 Å². The van der Waals surface area contributed by atoms with Crippen LogP contribution in [0.2, 0.25) is 5.02 Å². The Kier molecular flexibility index (Phi) is 6.39. The molecule has 2 rings (SSSR count). The van der Waals surface area contributed by atoms with Crippen LogP contribution in [-0.2, 0) is 9.53 Å². The molecule has 25 heavy (non-hydrogen) atoms. The van der Waals surface area contributed by atoms with Gasteiger partial charge in [-0.3, -0.25) is 4.79 Å². The van der Waals surface area contributed by atoms with Crippen molar-refractivity contribution in [1.82, 2.24) is 0 Å². The van der Waals surface area contributed by atoms with Crippen molar-refractivity contribution in [3.05, 3.63) is 56.9 Å². The minimum absolute atomic E-state index is 0.226. The van der Waals surface area contributed by atoms with Gasteiger partial charge in [0.15, 0.2) is 0 Å². The molecule has 1 N–H and O–H groups in total. The molecule has 0 fully saturated rings. The number of aryl methyl sites for hydroxylation is 1. The molecule has 0 saturated carbocycles. The smallest absolute Gasteiger partial charge is 0.341 e. The molecular weight excluding hydrogens is 358 g/mol. The Morgan fingerprint density at radius 1 is 1.24 bits per heavy atom. The van der Waals surface area contributed by atoms with Gasteiger partial charge in [0.05, 0.1) is 11.7 Å². The van der Waals surface area contributed by atoms with Crippen molar-refractivity contribution in [2.45, 2.75) is 33.8 Å². The standard InChI is InChI=1S/C19H20ClNO3S/c1-11(2)24-19(23)17-12(3)13(4)25-18(17)21-16(22)10-9-14-7-5-6-8-15(14)20/h5-11H,1-4H3,(H,21,22)/b10-9-. The van der Waals surface area contributed by atoms with Crippen molar-refractivity contribution in [2.75, 3.05) is 5.32 Å². The zero-order valence-corrected chi connectivity index (χ0v) is 16.1. The minimum atomic E-state index is -0.428. The molecule has 0 saturated heterocycles. The Labute approximate surface area is 156 Å². The average molecular weight is 378 g/mol. The van der Waals surface area contributed by atoms with Gasteiger partial charge in [-0.05, 0) is 51.0 Å². The van der Waals surface area contributed by atoms with Crippen molar-refractivity contribution in [3.8, 4) is 0 Å². The summed E-state index contributed by atoms with van der Waals surface area (Å²) in [4.78, 5) is 25.5. The first-order chi connectivity index (χ1) is 11.8. The van der Waals surface area contributed by atoms with Gasteiger partial charge in [-0.2, -0.15) is 0 Å². The summed E-state index contributed by atoms with van der Waals surface area (Å²) in [6.45, 7) is 7.33. The molecule has 1 aromatic carbocycles. The molecule has 6 heteroatoms. The number of halogens is 1. The maximum absolute atomic E-state index is 12.3. The maximum Gasteiger partial charge on any atom is 0.341 e. The summed E-state index contributed by atoms with van der Waals surface area (Å²) >= 11 is 7.42. The van der Waals surface area contributed by atoms with Gasteiger partial charge in [0, 0.05) is 16.0 Å². The molecule has 0 spiro atoms. The Hall–Kier alpha value is -2.11. The Morgan fingerprint density at radius 3 is 2.56 bits per heavy atom. The molecule has 1 aromatic heterocycles. The van der Waals surface area contributed by atoms with Gasteiger partial charge in [0.1, 0.15) is 5.00 Å². The van der Waals surface area contributed by atoms with Gasteiger partial charge >= 0.3 is 5.97 Å². The van der Waals surface area contributed by atoms with E-state index in [1.165, 1.54) is 17.4 Å². The molecule has 0 aliphatic carbocycles. The lowest BCUT2D eigenvalue weighted by Gasteiger charge is -2.09. The predicted octanol–water partition coefficient (Wildman–Crippen LogP) is 5.24. The molecule has 1 heterocycles. The normalized spacial score (nSPS) is 11.1. The van der Waals surface area contributed by atoms with Crippen molar-refractivity contribution >= 4 is 45.9 Å². The Bertz CT molecular complexity index is 824. The van der Waals surface area contributed by atoms with Crippen LogP contribution in [0.4, 0.5) is 5.00 Å². The number of benzene rings is 1. The molecule has 4 nitrogen and oxygen atoms in total. The van der Waals surface area contributed by atoms with E-state index in [0.29, 0.717) is 15.6 Å². The molecule has 132 valence electrons. The third kappa shape index (κ3) is 4.94. The molecule has 0 bridgehead atoms. The summed E-state index contributed by atoms with van der Waals surface area (Å²) < 4.78 is 5.28. The van der Waals surface area contributed by atoms with E-state index in [0.717, 1.165) is 16.0 Å². The molecule has 0 unspecified atom stereocenters. The molecule has 1 amide bonds. The summed E-state index contributed by atoms with van der Waals surface area (Å²) in [5.41, 5.74) is 1.98. The van der Waals surface area contributed by atoms with Crippen molar-refractivity contribution in [1.29, 1.82) is 0 Å². The number of nitrogens with one attached hydrogen (secondary N) is 1. The number of rotatable bonds is 5. The van der Waals surface area contributed by atoms with Gasteiger partial charge < -0.3 is 10.1 Å². The second kappa shape index (κ2) is 8.32. The number of hydrogen-bond acceptors (Lipinski definition) is 4. The first-order valence-electron chi connectivity index (χ1n) is 7.84. The number of hydrogen-bond donors (Lipinski definition) is 1. The van der Waals surface area contributed by atoms with Crippen LogP contribution in [-0.4, -0.2) is 18.0 Å². The van der Waals surface area contributed by atoms with Crippen molar-refractivity contribution < 1.29 is 14.3 Å². The van der Waals surface area contributed by atoms with Crippen LogP contribution in [0.5, 0.6) is 0 Å². The van der Waals surface area contributed by atoms with Crippen LogP contribution in [0.3, 0.4) is 0 Å². The summed E-state index contributed by atoms with van der Waals surface area (Å²) in [5.74, 6) is -0.762. The highest BCUT2D eigenvalue weighted by atomic mass is 35.5. The Morgan fingerprint density at radius 2 is 1.92 bits per heavy atom. The van der Waals surface area contributed by atoms with E-state index in [2.05, 4.69) is 5.32 Å². The van der Waals surface area contributed by atoms with Gasteiger partial charge in [-0.15, -0.1) is 11.3 Å². The third-order valence-corrected chi connectivity index (χ3v) is 4.96. The first-order valence-corrected chi connectivity index (χ1v) is 9.03. The summed E-state index contributed by atoms with van der Waals surface area (Å²) in [7, 11) is 0. The first kappa shape index (κ1) is 19.2. The van der Waals surface area contributed by atoms with Crippen LogP contribution < -0.4 is 5.32 Å². The van der Waals surface area contributed by atoms with Gasteiger partial charge in [-0.1, -0.05) is 29.8 Å². The fraction of sp³-hybridized carbons (Fsp3) is 0.263. The highest BCUT2D eigenvalue weighted by Crippen LogP contribution is 2.33. The number of ether oxygens (including phenoxy) is 1. The molecular formula is C19H20ClNO3S. The third-order valence-electron chi connectivity index (χ3n) is 3.49. The highest BCUT2D eigenvalue weighted by Gasteiger charge is 2.22. The lowest BCUT2D eigenvalue weighted by Crippen LogP contribution is -2.15. The van der Waals surface area contributed by atoms with E-state index in [9.17, 15) is 9.59 Å². The highest BCUT2D eigenvalue weighted by molar-refractivity contribution is 7.16. The van der Waals surface area contributed by atoms with Crippen LogP contribution >= 0.6 is 22.9 Å². The monoisotopic (exact) mass is 377 g/mol. The second-order valence-electron chi connectivity index (χ2n) is 5.79. The fourth-order valence-electron chi connectivity index (χ4n) is 2.16.